The van der Waals surface area contributed by atoms with Gasteiger partial charge in [0.2, 0.25) is 0 Å². The molecule has 0 amide bonds. The lowest BCUT2D eigenvalue weighted by Gasteiger charge is -2.19. The Morgan fingerprint density at radius 1 is 1.23 bits per heavy atom. The second kappa shape index (κ2) is 10.3. The number of benzene rings is 1. The first-order valence-electron chi connectivity index (χ1n) is 8.98. The Hall–Kier alpha value is -3.12. The Morgan fingerprint density at radius 2 is 1.87 bits per heavy atom. The zero-order valence-corrected chi connectivity index (χ0v) is 16.6. The van der Waals surface area contributed by atoms with Crippen LogP contribution in [0.25, 0.3) is 0 Å². The summed E-state index contributed by atoms with van der Waals surface area (Å²) in [4.78, 5) is 23.0. The third kappa shape index (κ3) is 6.69. The van der Waals surface area contributed by atoms with E-state index in [1.165, 1.54) is 14.0 Å². The summed E-state index contributed by atoms with van der Waals surface area (Å²) in [5.41, 5.74) is -2.36. The molecule has 0 spiro atoms. The van der Waals surface area contributed by atoms with Gasteiger partial charge < -0.3 is 24.4 Å². The van der Waals surface area contributed by atoms with Crippen molar-refractivity contribution in [2.75, 3.05) is 20.3 Å². The highest BCUT2D eigenvalue weighted by Gasteiger charge is 2.39. The quantitative estimate of drug-likeness (QED) is 0.564. The van der Waals surface area contributed by atoms with Crippen LogP contribution in [-0.2, 0) is 22.3 Å². The largest absolute Gasteiger partial charge is 0.497 e. The first-order chi connectivity index (χ1) is 14.5. The van der Waals surface area contributed by atoms with Crippen molar-refractivity contribution in [3.05, 3.63) is 51.9 Å². The summed E-state index contributed by atoms with van der Waals surface area (Å²) in [5, 5.41) is 21.4. The second-order valence-corrected chi connectivity index (χ2v) is 6.51. The van der Waals surface area contributed by atoms with Crippen LogP contribution < -0.4 is 15.0 Å². The number of carboxylic acid groups (broad SMARTS) is 1. The van der Waals surface area contributed by atoms with Gasteiger partial charge in [0.25, 0.3) is 5.56 Å². The molecule has 9 nitrogen and oxygen atoms in total. The summed E-state index contributed by atoms with van der Waals surface area (Å²) in [5.74, 6) is -1.73. The molecule has 2 N–H and O–H groups in total. The summed E-state index contributed by atoms with van der Waals surface area (Å²) < 4.78 is 56.4. The first-order valence-corrected chi connectivity index (χ1v) is 8.98. The molecule has 0 fully saturated rings. The molecule has 1 heterocycles. The van der Waals surface area contributed by atoms with Crippen LogP contribution in [0.2, 0.25) is 0 Å². The van der Waals surface area contributed by atoms with E-state index in [2.05, 4.69) is 5.10 Å². The van der Waals surface area contributed by atoms with Crippen molar-refractivity contribution >= 4 is 5.97 Å². The third-order valence-corrected chi connectivity index (χ3v) is 4.03. The maximum Gasteiger partial charge on any atom is 0.425 e. The molecule has 2 rings (SSSR count). The number of aliphatic hydroxyl groups excluding tert-OH is 1. The summed E-state index contributed by atoms with van der Waals surface area (Å²) in [6.07, 6.45) is -6.98. The van der Waals surface area contributed by atoms with E-state index in [1.54, 1.807) is 24.3 Å². The molecule has 0 aliphatic heterocycles. The number of hydrogen-bond donors (Lipinski definition) is 2. The molecule has 1 aromatic carbocycles. The number of carboxylic acids is 1. The van der Waals surface area contributed by atoms with Crippen LogP contribution in [0.3, 0.4) is 0 Å². The van der Waals surface area contributed by atoms with Crippen molar-refractivity contribution in [2.45, 2.75) is 31.9 Å². The number of halogens is 3. The predicted molar refractivity (Wildman–Crippen MR) is 100 cm³/mol. The average molecular weight is 446 g/mol. The molecule has 2 atom stereocenters. The van der Waals surface area contributed by atoms with Gasteiger partial charge in [0.05, 0.1) is 33.1 Å². The van der Waals surface area contributed by atoms with Crippen molar-refractivity contribution in [3.8, 4) is 11.5 Å². The molecule has 1 aromatic heterocycles. The minimum Gasteiger partial charge on any atom is -0.497 e. The number of hydrogen-bond acceptors (Lipinski definition) is 7. The molecule has 0 aliphatic carbocycles. The zero-order chi connectivity index (χ0) is 23.2. The number of carbonyl (C=O) groups is 1. The number of ether oxygens (including phenoxy) is 3. The Bertz CT molecular complexity index is 945. The van der Waals surface area contributed by atoms with E-state index in [1.807, 2.05) is 0 Å². The molecule has 0 saturated heterocycles. The number of aliphatic carboxylic acids is 1. The summed E-state index contributed by atoms with van der Waals surface area (Å²) >= 11 is 0. The minimum absolute atomic E-state index is 0.196. The summed E-state index contributed by atoms with van der Waals surface area (Å²) in [7, 11) is 1.47. The van der Waals surface area contributed by atoms with Gasteiger partial charge in [-0.25, -0.2) is 9.48 Å². The maximum absolute atomic E-state index is 13.6. The molecule has 170 valence electrons. The Labute approximate surface area is 174 Å². The normalized spacial score (nSPS) is 13.5. The van der Waals surface area contributed by atoms with Crippen molar-refractivity contribution in [1.82, 2.24) is 9.78 Å². The second-order valence-electron chi connectivity index (χ2n) is 6.51. The van der Waals surface area contributed by atoms with Gasteiger partial charge in [-0.2, -0.15) is 18.3 Å². The topological polar surface area (TPSA) is 120 Å². The van der Waals surface area contributed by atoms with Gasteiger partial charge >= 0.3 is 12.1 Å². The van der Waals surface area contributed by atoms with Gasteiger partial charge in [-0.3, -0.25) is 4.79 Å². The monoisotopic (exact) mass is 446 g/mol. The number of aliphatic hydroxyl groups is 1. The molecule has 12 heteroatoms. The molecule has 0 unspecified atom stereocenters. The number of aromatic nitrogens is 2. The molecule has 2 aromatic rings. The molecular weight excluding hydrogens is 425 g/mol. The van der Waals surface area contributed by atoms with Gasteiger partial charge in [0.1, 0.15) is 11.9 Å². The number of rotatable bonds is 10. The summed E-state index contributed by atoms with van der Waals surface area (Å²) in [6.45, 7) is 0.265. The Morgan fingerprint density at radius 3 is 2.42 bits per heavy atom. The van der Waals surface area contributed by atoms with E-state index >= 15 is 0 Å². The summed E-state index contributed by atoms with van der Waals surface area (Å²) in [6, 6.07) is 6.39. The van der Waals surface area contributed by atoms with Crippen LogP contribution >= 0.6 is 0 Å². The Balaban J connectivity index is 2.19. The first kappa shape index (κ1) is 24.2. The van der Waals surface area contributed by atoms with Gasteiger partial charge in [0.15, 0.2) is 17.4 Å². The lowest BCUT2D eigenvalue weighted by Crippen LogP contribution is -2.33. The fourth-order valence-electron chi connectivity index (χ4n) is 2.51. The molecule has 0 aliphatic rings. The maximum atomic E-state index is 13.6. The van der Waals surface area contributed by atoms with Crippen LogP contribution in [0.15, 0.2) is 35.3 Å². The molecule has 31 heavy (non-hydrogen) atoms. The van der Waals surface area contributed by atoms with E-state index in [0.717, 1.165) is 6.20 Å². The molecule has 0 bridgehead atoms. The Kier molecular flexibility index (Phi) is 8.00. The number of nitrogens with zero attached hydrogens (tertiary/aromatic N) is 2. The van der Waals surface area contributed by atoms with Gasteiger partial charge in [-0.05, 0) is 24.6 Å². The minimum atomic E-state index is -5.00. The smallest absolute Gasteiger partial charge is 0.425 e. The standard InChI is InChI=1S/C19H21F3N2O7/c1-11(9-30-10-14(25)18(27)28)31-15-7-23-24(17(26)16(15)19(20,21)22)8-12-3-5-13(29-2)6-4-12/h3-7,11,14,25H,8-10H2,1-2H3,(H,27,28)/t11-,14+/m0/s1. The van der Waals surface area contributed by atoms with Crippen molar-refractivity contribution in [1.29, 1.82) is 0 Å². The van der Waals surface area contributed by atoms with E-state index in [0.29, 0.717) is 16.0 Å². The molecular formula is C19H21F3N2O7. The SMILES string of the molecule is COc1ccc(Cn2ncc(O[C@@H](C)COC[C@@H](O)C(=O)O)c(C(F)(F)F)c2=O)cc1. The highest BCUT2D eigenvalue weighted by Crippen LogP contribution is 2.33. The van der Waals surface area contributed by atoms with Crippen LogP contribution in [0.4, 0.5) is 13.2 Å². The number of methoxy groups -OCH3 is 1. The highest BCUT2D eigenvalue weighted by molar-refractivity contribution is 5.71. The van der Waals surface area contributed by atoms with Crippen molar-refractivity contribution in [2.24, 2.45) is 0 Å². The predicted octanol–water partition coefficient (Wildman–Crippen LogP) is 1.55. The fraction of sp³-hybridized carbons (Fsp3) is 0.421. The van der Waals surface area contributed by atoms with Gasteiger partial charge in [-0.15, -0.1) is 0 Å². The number of alkyl halides is 3. The van der Waals surface area contributed by atoms with Crippen LogP contribution in [0.1, 0.15) is 18.1 Å². The highest BCUT2D eigenvalue weighted by atomic mass is 19.4. The van der Waals surface area contributed by atoms with E-state index in [4.69, 9.17) is 24.4 Å². The van der Waals surface area contributed by atoms with Crippen LogP contribution in [0, 0.1) is 0 Å². The fourth-order valence-corrected chi connectivity index (χ4v) is 2.51. The lowest BCUT2D eigenvalue weighted by atomic mass is 10.2. The molecule has 0 radical (unpaired) electrons. The van der Waals surface area contributed by atoms with E-state index in [-0.39, 0.29) is 13.2 Å². The lowest BCUT2D eigenvalue weighted by molar-refractivity contribution is -0.150. The molecule has 0 saturated carbocycles. The zero-order valence-electron chi connectivity index (χ0n) is 16.6. The third-order valence-electron chi connectivity index (χ3n) is 4.03. The van der Waals surface area contributed by atoms with Gasteiger partial charge in [-0.1, -0.05) is 12.1 Å². The average Bonchev–Trinajstić information content (AvgIpc) is 2.69. The van der Waals surface area contributed by atoms with Crippen LogP contribution in [0.5, 0.6) is 11.5 Å². The van der Waals surface area contributed by atoms with E-state index < -0.39 is 47.8 Å². The van der Waals surface area contributed by atoms with Crippen molar-refractivity contribution in [3.63, 3.8) is 0 Å². The van der Waals surface area contributed by atoms with Crippen LogP contribution in [-0.4, -0.2) is 58.5 Å². The van der Waals surface area contributed by atoms with Gasteiger partial charge in [0, 0.05) is 0 Å². The van der Waals surface area contributed by atoms with E-state index in [9.17, 15) is 22.8 Å². The van der Waals surface area contributed by atoms with Crippen molar-refractivity contribution < 1.29 is 42.4 Å².